The fourth-order valence-electron chi connectivity index (χ4n) is 2.00. The number of nitrogens with zero attached hydrogens (tertiary/aromatic N) is 4. The molecule has 106 valence electrons. The third-order valence-electron chi connectivity index (χ3n) is 3.53. The van der Waals surface area contributed by atoms with E-state index in [0.29, 0.717) is 24.6 Å². The maximum atomic E-state index is 11.5. The first kappa shape index (κ1) is 14.1. The predicted octanol–water partition coefficient (Wildman–Crippen LogP) is 1.96. The number of rotatable bonds is 6. The molecule has 1 N–H and O–H groups in total. The third-order valence-corrected chi connectivity index (χ3v) is 3.53. The van der Waals surface area contributed by atoms with E-state index in [4.69, 9.17) is 4.52 Å². The lowest BCUT2D eigenvalue weighted by Gasteiger charge is -2.24. The van der Waals surface area contributed by atoms with Gasteiger partial charge in [-0.1, -0.05) is 19.0 Å². The molecular weight excluding hydrogens is 260 g/mol. The Bertz CT molecular complexity index is 578. The lowest BCUT2D eigenvalue weighted by molar-refractivity contribution is -0.149. The van der Waals surface area contributed by atoms with Gasteiger partial charge in [0.1, 0.15) is 0 Å². The van der Waals surface area contributed by atoms with E-state index in [0.717, 1.165) is 0 Å². The summed E-state index contributed by atoms with van der Waals surface area (Å²) in [6, 6.07) is 1.69. The highest BCUT2D eigenvalue weighted by Gasteiger charge is 2.37. The van der Waals surface area contributed by atoms with Crippen molar-refractivity contribution in [1.82, 2.24) is 20.1 Å². The third kappa shape index (κ3) is 2.66. The van der Waals surface area contributed by atoms with Crippen LogP contribution < -0.4 is 0 Å². The molecule has 2 rings (SSSR count). The maximum absolute atomic E-state index is 11.5. The van der Waals surface area contributed by atoms with E-state index in [9.17, 15) is 9.90 Å². The number of hydrogen-bond donors (Lipinski definition) is 1. The molecule has 2 heterocycles. The Morgan fingerprint density at radius 1 is 1.25 bits per heavy atom. The molecule has 0 aliphatic rings. The zero-order chi connectivity index (χ0) is 14.6. The van der Waals surface area contributed by atoms with Gasteiger partial charge in [0.15, 0.2) is 0 Å². The van der Waals surface area contributed by atoms with Crippen molar-refractivity contribution in [2.75, 3.05) is 0 Å². The van der Waals surface area contributed by atoms with Crippen molar-refractivity contribution in [3.63, 3.8) is 0 Å². The van der Waals surface area contributed by atoms with Crippen LogP contribution in [0.3, 0.4) is 0 Å². The van der Waals surface area contributed by atoms with Crippen molar-refractivity contribution >= 4 is 5.97 Å². The van der Waals surface area contributed by atoms with Crippen LogP contribution in [-0.4, -0.2) is 31.2 Å². The highest BCUT2D eigenvalue weighted by Crippen LogP contribution is 2.31. The number of carboxylic acids is 1. The van der Waals surface area contributed by atoms with Gasteiger partial charge in [0.25, 0.3) is 0 Å². The molecular formula is C13H16N4O3. The second-order valence-electron chi connectivity index (χ2n) is 4.55. The predicted molar refractivity (Wildman–Crippen MR) is 69.7 cm³/mol. The minimum Gasteiger partial charge on any atom is -0.481 e. The van der Waals surface area contributed by atoms with Crippen LogP contribution in [0.4, 0.5) is 0 Å². The second kappa shape index (κ2) is 5.77. The molecule has 7 nitrogen and oxygen atoms in total. The Morgan fingerprint density at radius 2 is 1.90 bits per heavy atom. The van der Waals surface area contributed by atoms with Crippen LogP contribution in [0.15, 0.2) is 23.0 Å². The first-order valence-corrected chi connectivity index (χ1v) is 6.44. The first-order chi connectivity index (χ1) is 9.61. The summed E-state index contributed by atoms with van der Waals surface area (Å²) in [5.74, 6) is 0.0697. The van der Waals surface area contributed by atoms with Crippen molar-refractivity contribution < 1.29 is 14.4 Å². The van der Waals surface area contributed by atoms with Gasteiger partial charge in [-0.25, -0.2) is 9.97 Å². The molecule has 0 amide bonds. The Kier molecular flexibility index (Phi) is 4.07. The van der Waals surface area contributed by atoms with Crippen molar-refractivity contribution in [3.8, 4) is 11.6 Å². The molecule has 0 bridgehead atoms. The van der Waals surface area contributed by atoms with E-state index in [1.165, 1.54) is 0 Å². The molecule has 0 aliphatic heterocycles. The molecule has 0 atom stereocenters. The molecule has 0 spiro atoms. The highest BCUT2D eigenvalue weighted by molar-refractivity contribution is 5.74. The van der Waals surface area contributed by atoms with E-state index in [2.05, 4.69) is 20.1 Å². The van der Waals surface area contributed by atoms with E-state index in [-0.39, 0.29) is 12.2 Å². The minimum atomic E-state index is -0.874. The van der Waals surface area contributed by atoms with Crippen LogP contribution in [0.2, 0.25) is 0 Å². The van der Waals surface area contributed by atoms with Crippen molar-refractivity contribution in [2.24, 2.45) is 5.41 Å². The smallest absolute Gasteiger partial charge is 0.310 e. The quantitative estimate of drug-likeness (QED) is 0.860. The second-order valence-corrected chi connectivity index (χ2v) is 4.55. The molecule has 0 saturated carbocycles. The Labute approximate surface area is 116 Å². The molecule has 0 aliphatic carbocycles. The van der Waals surface area contributed by atoms with E-state index < -0.39 is 11.4 Å². The molecule has 0 radical (unpaired) electrons. The van der Waals surface area contributed by atoms with Crippen LogP contribution in [0.1, 0.15) is 32.6 Å². The Morgan fingerprint density at radius 3 is 2.45 bits per heavy atom. The van der Waals surface area contributed by atoms with Gasteiger partial charge in [-0.05, 0) is 18.9 Å². The van der Waals surface area contributed by atoms with Crippen molar-refractivity contribution in [3.05, 3.63) is 24.4 Å². The standard InChI is InChI=1S/C13H16N4O3/c1-3-13(4-2,12(18)19)8-9-16-11(17-20-9)10-14-6-5-7-15-10/h5-7H,3-4,8H2,1-2H3,(H,18,19). The lowest BCUT2D eigenvalue weighted by atomic mass is 9.79. The molecule has 20 heavy (non-hydrogen) atoms. The summed E-state index contributed by atoms with van der Waals surface area (Å²) in [7, 11) is 0. The summed E-state index contributed by atoms with van der Waals surface area (Å²) >= 11 is 0. The first-order valence-electron chi connectivity index (χ1n) is 6.44. The average Bonchev–Trinajstić information content (AvgIpc) is 2.94. The lowest BCUT2D eigenvalue weighted by Crippen LogP contribution is -2.32. The summed E-state index contributed by atoms with van der Waals surface area (Å²) in [4.78, 5) is 23.7. The maximum Gasteiger partial charge on any atom is 0.310 e. The number of aromatic nitrogens is 4. The van der Waals surface area contributed by atoms with E-state index in [1.54, 1.807) is 18.5 Å². The van der Waals surface area contributed by atoms with Crippen LogP contribution in [0, 0.1) is 5.41 Å². The Balaban J connectivity index is 2.23. The van der Waals surface area contributed by atoms with Gasteiger partial charge in [-0.2, -0.15) is 4.98 Å². The van der Waals surface area contributed by atoms with Crippen molar-refractivity contribution in [2.45, 2.75) is 33.1 Å². The van der Waals surface area contributed by atoms with Gasteiger partial charge in [-0.3, -0.25) is 4.79 Å². The van der Waals surface area contributed by atoms with Crippen molar-refractivity contribution in [1.29, 1.82) is 0 Å². The van der Waals surface area contributed by atoms with Crippen LogP contribution >= 0.6 is 0 Å². The van der Waals surface area contributed by atoms with Gasteiger partial charge in [0.2, 0.25) is 17.5 Å². The fourth-order valence-corrected chi connectivity index (χ4v) is 2.00. The normalized spacial score (nSPS) is 11.5. The number of hydrogen-bond acceptors (Lipinski definition) is 6. The molecule has 0 aromatic carbocycles. The minimum absolute atomic E-state index is 0.204. The topological polar surface area (TPSA) is 102 Å². The van der Waals surface area contributed by atoms with Gasteiger partial charge >= 0.3 is 5.97 Å². The van der Waals surface area contributed by atoms with Crippen LogP contribution in [0.5, 0.6) is 0 Å². The Hall–Kier alpha value is -2.31. The zero-order valence-electron chi connectivity index (χ0n) is 11.4. The zero-order valence-corrected chi connectivity index (χ0v) is 11.4. The van der Waals surface area contributed by atoms with E-state index in [1.807, 2.05) is 13.8 Å². The highest BCUT2D eigenvalue weighted by atomic mass is 16.5. The largest absolute Gasteiger partial charge is 0.481 e. The molecule has 2 aromatic heterocycles. The molecule has 2 aromatic rings. The van der Waals surface area contributed by atoms with Gasteiger partial charge in [0.05, 0.1) is 5.41 Å². The summed E-state index contributed by atoms with van der Waals surface area (Å²) < 4.78 is 5.12. The van der Waals surface area contributed by atoms with Crippen LogP contribution in [-0.2, 0) is 11.2 Å². The SMILES string of the molecule is CCC(CC)(Cc1nc(-c2ncccn2)no1)C(=O)O. The number of aliphatic carboxylic acids is 1. The number of carboxylic acid groups (broad SMARTS) is 1. The molecule has 0 saturated heterocycles. The fraction of sp³-hybridized carbons (Fsp3) is 0.462. The summed E-state index contributed by atoms with van der Waals surface area (Å²) in [5, 5.41) is 13.2. The monoisotopic (exact) mass is 276 g/mol. The summed E-state index contributed by atoms with van der Waals surface area (Å²) in [5.41, 5.74) is -0.874. The summed E-state index contributed by atoms with van der Waals surface area (Å²) in [6.45, 7) is 3.68. The number of carbonyl (C=O) groups is 1. The van der Waals surface area contributed by atoms with Gasteiger partial charge in [0, 0.05) is 18.8 Å². The molecule has 0 fully saturated rings. The van der Waals surface area contributed by atoms with E-state index >= 15 is 0 Å². The average molecular weight is 276 g/mol. The van der Waals surface area contributed by atoms with Gasteiger partial charge in [-0.15, -0.1) is 0 Å². The summed E-state index contributed by atoms with van der Waals surface area (Å²) in [6.07, 6.45) is 4.36. The molecule has 7 heteroatoms. The van der Waals surface area contributed by atoms with Gasteiger partial charge < -0.3 is 9.63 Å². The molecule has 0 unspecified atom stereocenters. The van der Waals surface area contributed by atoms with Crippen LogP contribution in [0.25, 0.3) is 11.6 Å².